The van der Waals surface area contributed by atoms with Crippen molar-refractivity contribution < 1.29 is 0 Å². The summed E-state index contributed by atoms with van der Waals surface area (Å²) in [6.45, 7) is 0. The lowest BCUT2D eigenvalue weighted by molar-refractivity contribution is 1.13. The fourth-order valence-electron chi connectivity index (χ4n) is 12.1. The number of fused-ring (bicyclic) bond motifs is 6. The standard InChI is InChI=1S/C68H40N12/c1-9-25-69-51(17-1)65-73-61(55-21-5-13-29-77(55)65)43-33-41-34-44(62-56-22-6-14-30-78(56)66(74-62)52-18-2-10-26-70-52)39-49-50-40-46(64-58-24-8-16-32-80(58)68(76-64)54-20-4-12-28-72-54)36-42-35-45(38-48(60(42)50)47(37-43)59(41)49)63-57-23-7-15-31-79(57)67(75-63)53-19-3-11-27-71-53/h1-40H. The van der Waals surface area contributed by atoms with E-state index in [9.17, 15) is 0 Å². The van der Waals surface area contributed by atoms with Crippen molar-refractivity contribution >= 4 is 65.2 Å². The minimum Gasteiger partial charge on any atom is -0.298 e. The zero-order valence-corrected chi connectivity index (χ0v) is 42.5. The number of rotatable bonds is 8. The Morgan fingerprint density at radius 1 is 0.250 bits per heavy atom. The minimum atomic E-state index is 0.765. The fourth-order valence-corrected chi connectivity index (χ4v) is 12.1. The summed E-state index contributed by atoms with van der Waals surface area (Å²) in [5.41, 5.74) is 14.3. The van der Waals surface area contributed by atoms with E-state index < -0.39 is 0 Å². The van der Waals surface area contributed by atoms with Crippen LogP contribution in [0.3, 0.4) is 0 Å². The van der Waals surface area contributed by atoms with E-state index in [-0.39, 0.29) is 0 Å². The lowest BCUT2D eigenvalue weighted by Crippen LogP contribution is -1.93. The average molecular weight is 1030 g/mol. The second-order valence-corrected chi connectivity index (χ2v) is 20.1. The molecule has 12 nitrogen and oxygen atoms in total. The van der Waals surface area contributed by atoms with Gasteiger partial charge in [0.25, 0.3) is 0 Å². The molecular formula is C68H40N12. The van der Waals surface area contributed by atoms with Crippen LogP contribution in [0.5, 0.6) is 0 Å². The van der Waals surface area contributed by atoms with Gasteiger partial charge in [0.1, 0.15) is 22.8 Å². The predicted molar refractivity (Wildman–Crippen MR) is 317 cm³/mol. The molecule has 5 aromatic carbocycles. The predicted octanol–water partition coefficient (Wildman–Crippen LogP) is 15.2. The molecule has 0 amide bonds. The number of hydrogen-bond donors (Lipinski definition) is 0. The van der Waals surface area contributed by atoms with Crippen molar-refractivity contribution in [1.29, 1.82) is 0 Å². The Morgan fingerprint density at radius 3 is 0.738 bits per heavy atom. The summed E-state index contributed by atoms with van der Waals surface area (Å²) in [6.07, 6.45) is 15.5. The maximum absolute atomic E-state index is 5.47. The topological polar surface area (TPSA) is 121 Å². The first-order chi connectivity index (χ1) is 39.7. The molecule has 12 aromatic heterocycles. The van der Waals surface area contributed by atoms with Crippen LogP contribution in [0, 0.1) is 0 Å². The molecule has 0 bridgehead atoms. The summed E-state index contributed by atoms with van der Waals surface area (Å²) >= 11 is 0. The van der Waals surface area contributed by atoms with Crippen molar-refractivity contribution in [2.24, 2.45) is 0 Å². The molecular weight excluding hydrogens is 985 g/mol. The zero-order valence-electron chi connectivity index (χ0n) is 42.5. The molecule has 0 aliphatic heterocycles. The maximum Gasteiger partial charge on any atom is 0.163 e. The van der Waals surface area contributed by atoms with Gasteiger partial charge >= 0.3 is 0 Å². The van der Waals surface area contributed by atoms with E-state index in [0.717, 1.165) is 156 Å². The number of hydrogen-bond acceptors (Lipinski definition) is 8. The Bertz CT molecular complexity index is 4640. The Morgan fingerprint density at radius 2 is 0.500 bits per heavy atom. The second kappa shape index (κ2) is 17.1. The number of pyridine rings is 8. The number of aromatic nitrogens is 12. The summed E-state index contributed by atoms with van der Waals surface area (Å²) in [5.74, 6) is 3.06. The van der Waals surface area contributed by atoms with E-state index in [1.165, 1.54) is 0 Å². The normalized spacial score (nSPS) is 12.0. The Balaban J connectivity index is 1.02. The highest BCUT2D eigenvalue weighted by Crippen LogP contribution is 2.48. The van der Waals surface area contributed by atoms with Gasteiger partial charge in [-0.2, -0.15) is 0 Å². The molecule has 0 aliphatic carbocycles. The largest absolute Gasteiger partial charge is 0.298 e. The highest BCUT2D eigenvalue weighted by molar-refractivity contribution is 6.35. The molecule has 0 aliphatic rings. The first-order valence-electron chi connectivity index (χ1n) is 26.5. The highest BCUT2D eigenvalue weighted by Gasteiger charge is 2.26. The average Bonchev–Trinajstić information content (AvgIpc) is 4.39. The third-order valence-corrected chi connectivity index (χ3v) is 15.5. The van der Waals surface area contributed by atoms with Crippen LogP contribution < -0.4 is 0 Å². The molecule has 0 saturated heterocycles. The second-order valence-electron chi connectivity index (χ2n) is 20.1. The number of nitrogens with zero attached hydrogens (tertiary/aromatic N) is 12. The molecule has 80 heavy (non-hydrogen) atoms. The Hall–Kier alpha value is -11.2. The molecule has 12 heteroatoms. The van der Waals surface area contributed by atoms with Crippen molar-refractivity contribution in [2.45, 2.75) is 0 Å². The Kier molecular flexibility index (Phi) is 9.41. The van der Waals surface area contributed by atoms with E-state index in [4.69, 9.17) is 39.9 Å². The molecule has 0 unspecified atom stereocenters. The van der Waals surface area contributed by atoms with Gasteiger partial charge in [0, 0.05) is 71.8 Å². The molecule has 0 atom stereocenters. The zero-order chi connectivity index (χ0) is 52.4. The fraction of sp³-hybridized carbons (Fsp3) is 0. The SMILES string of the molecule is c1ccc(-c2nc(-c3cc4cc(-c5nc(-c6ccccn6)n6ccccc56)cc5c6cc(-c7nc(-c8ccccn8)n8ccccc78)cc7cc(-c8nc(-c9ccccn9)n9ccccc89)cc(c(c3)c45)c76)c3ccccn23)nc1. The van der Waals surface area contributed by atoms with Crippen LogP contribution in [0.2, 0.25) is 0 Å². The quantitative estimate of drug-likeness (QED) is 0.109. The van der Waals surface area contributed by atoms with Crippen molar-refractivity contribution in [2.75, 3.05) is 0 Å². The molecule has 0 N–H and O–H groups in total. The third kappa shape index (κ3) is 6.62. The summed E-state index contributed by atoms with van der Waals surface area (Å²) in [7, 11) is 0. The van der Waals surface area contributed by atoms with Gasteiger partial charge in [-0.3, -0.25) is 37.5 Å². The van der Waals surface area contributed by atoms with Crippen LogP contribution in [0.4, 0.5) is 0 Å². The number of imidazole rings is 4. The minimum absolute atomic E-state index is 0.765. The van der Waals surface area contributed by atoms with Gasteiger partial charge in [0.2, 0.25) is 0 Å². The first kappa shape index (κ1) is 43.9. The summed E-state index contributed by atoms with van der Waals surface area (Å²) < 4.78 is 8.57. The van der Waals surface area contributed by atoms with E-state index in [1.54, 1.807) is 0 Å². The summed E-state index contributed by atoms with van der Waals surface area (Å²) in [6, 6.07) is 67.4. The molecule has 372 valence electrons. The van der Waals surface area contributed by atoms with Gasteiger partial charge in [-0.1, -0.05) is 48.5 Å². The molecule has 0 radical (unpaired) electrons. The van der Waals surface area contributed by atoms with Crippen LogP contribution in [-0.4, -0.2) is 57.5 Å². The molecule has 0 saturated carbocycles. The van der Waals surface area contributed by atoms with Crippen LogP contribution >= 0.6 is 0 Å². The van der Waals surface area contributed by atoms with Crippen LogP contribution in [-0.2, 0) is 0 Å². The highest BCUT2D eigenvalue weighted by atomic mass is 15.1. The molecule has 0 spiro atoms. The molecule has 17 rings (SSSR count). The van der Waals surface area contributed by atoms with Gasteiger partial charge in [-0.25, -0.2) is 19.9 Å². The molecule has 12 heterocycles. The van der Waals surface area contributed by atoms with E-state index in [0.29, 0.717) is 0 Å². The lowest BCUT2D eigenvalue weighted by atomic mass is 9.85. The Labute approximate surface area is 455 Å². The smallest absolute Gasteiger partial charge is 0.163 e. The first-order valence-corrected chi connectivity index (χ1v) is 26.5. The monoisotopic (exact) mass is 1020 g/mol. The summed E-state index contributed by atoms with van der Waals surface area (Å²) in [4.78, 5) is 41.0. The van der Waals surface area contributed by atoms with Gasteiger partial charge in [-0.15, -0.1) is 0 Å². The van der Waals surface area contributed by atoms with Crippen LogP contribution in [0.15, 0.2) is 244 Å². The lowest BCUT2D eigenvalue weighted by Gasteiger charge is -2.19. The van der Waals surface area contributed by atoms with E-state index in [2.05, 4.69) is 139 Å². The van der Waals surface area contributed by atoms with Gasteiger partial charge < -0.3 is 0 Å². The molecule has 17 aromatic rings. The summed E-state index contributed by atoms with van der Waals surface area (Å²) in [5, 5.41) is 8.68. The number of benzene rings is 5. The van der Waals surface area contributed by atoms with Crippen molar-refractivity contribution in [1.82, 2.24) is 57.5 Å². The van der Waals surface area contributed by atoms with Gasteiger partial charge in [-0.05, 0) is 189 Å². The van der Waals surface area contributed by atoms with E-state index >= 15 is 0 Å². The third-order valence-electron chi connectivity index (χ3n) is 15.5. The van der Waals surface area contributed by atoms with Gasteiger partial charge in [0.15, 0.2) is 23.3 Å². The van der Waals surface area contributed by atoms with Crippen molar-refractivity contribution in [3.8, 4) is 91.1 Å². The maximum atomic E-state index is 5.47. The van der Waals surface area contributed by atoms with Crippen molar-refractivity contribution in [3.63, 3.8) is 0 Å². The van der Waals surface area contributed by atoms with Crippen molar-refractivity contribution in [3.05, 3.63) is 244 Å². The van der Waals surface area contributed by atoms with Crippen LogP contribution in [0.1, 0.15) is 0 Å². The van der Waals surface area contributed by atoms with E-state index in [1.807, 2.05) is 122 Å². The molecule has 0 fully saturated rings. The van der Waals surface area contributed by atoms with Gasteiger partial charge in [0.05, 0.1) is 44.8 Å². The van der Waals surface area contributed by atoms with Crippen LogP contribution in [0.25, 0.3) is 156 Å².